The molecule has 3 aromatic carbocycles. The third kappa shape index (κ3) is 4.54. The van der Waals surface area contributed by atoms with Crippen molar-refractivity contribution in [1.82, 2.24) is 4.98 Å². The van der Waals surface area contributed by atoms with Crippen LogP contribution in [-0.4, -0.2) is 4.98 Å². The van der Waals surface area contributed by atoms with Gasteiger partial charge in [0.25, 0.3) is 0 Å². The highest BCUT2D eigenvalue weighted by Gasteiger charge is 2.30. The van der Waals surface area contributed by atoms with Crippen molar-refractivity contribution in [3.8, 4) is 22.6 Å². The Morgan fingerprint density at radius 2 is 1.30 bits per heavy atom. The first-order valence-electron chi connectivity index (χ1n) is 11.0. The molecule has 4 aromatic rings. The monoisotopic (exact) mass is 451 g/mol. The molecule has 1 aromatic heterocycles. The molecule has 1 heterocycles. The van der Waals surface area contributed by atoms with Crippen molar-refractivity contribution in [2.45, 2.75) is 58.5 Å². The molecule has 33 heavy (non-hydrogen) atoms. The van der Waals surface area contributed by atoms with Gasteiger partial charge < -0.3 is 4.42 Å². The maximum Gasteiger partial charge on any atom is 0.416 e. The first kappa shape index (κ1) is 23.1. The zero-order valence-corrected chi connectivity index (χ0v) is 19.8. The van der Waals surface area contributed by atoms with Crippen LogP contribution in [0.4, 0.5) is 13.2 Å². The second-order valence-electron chi connectivity index (χ2n) is 10.5. The highest BCUT2D eigenvalue weighted by Crippen LogP contribution is 2.39. The average molecular weight is 452 g/mol. The van der Waals surface area contributed by atoms with Crippen molar-refractivity contribution in [1.29, 1.82) is 0 Å². The molecule has 0 saturated carbocycles. The Morgan fingerprint density at radius 3 is 1.85 bits per heavy atom. The maximum absolute atomic E-state index is 13.0. The smallest absolute Gasteiger partial charge is 0.416 e. The first-order chi connectivity index (χ1) is 15.2. The molecule has 172 valence electrons. The van der Waals surface area contributed by atoms with Gasteiger partial charge in [0.15, 0.2) is 5.58 Å². The Morgan fingerprint density at radius 1 is 0.697 bits per heavy atom. The number of rotatable bonds is 2. The second-order valence-corrected chi connectivity index (χ2v) is 10.5. The molecule has 0 amide bonds. The van der Waals surface area contributed by atoms with Gasteiger partial charge in [-0.1, -0.05) is 77.9 Å². The van der Waals surface area contributed by atoms with Gasteiger partial charge in [0, 0.05) is 11.1 Å². The van der Waals surface area contributed by atoms with Crippen molar-refractivity contribution in [2.24, 2.45) is 0 Å². The van der Waals surface area contributed by atoms with Crippen LogP contribution in [0.3, 0.4) is 0 Å². The maximum atomic E-state index is 13.0. The number of aromatic nitrogens is 1. The molecule has 0 bridgehead atoms. The Balaban J connectivity index is 1.89. The van der Waals surface area contributed by atoms with Crippen molar-refractivity contribution < 1.29 is 17.6 Å². The standard InChI is InChI=1S/C28H28F3NO/c1-26(2,3)19-15-22(27(4,5)6)24-23(16-19)32-25(33-24)21-10-8-7-9-20(21)17-11-13-18(14-12-17)28(29,30)31/h7-16H,1-6H3. The molecule has 0 radical (unpaired) electrons. The number of fused-ring (bicyclic) bond motifs is 1. The minimum absolute atomic E-state index is 0.0502. The number of hydrogen-bond donors (Lipinski definition) is 0. The summed E-state index contributed by atoms with van der Waals surface area (Å²) in [5, 5.41) is 0. The van der Waals surface area contributed by atoms with E-state index >= 15 is 0 Å². The van der Waals surface area contributed by atoms with Crippen LogP contribution in [0.1, 0.15) is 58.2 Å². The van der Waals surface area contributed by atoms with Crippen LogP contribution in [0.15, 0.2) is 65.1 Å². The summed E-state index contributed by atoms with van der Waals surface area (Å²) >= 11 is 0. The highest BCUT2D eigenvalue weighted by molar-refractivity contribution is 5.86. The largest absolute Gasteiger partial charge is 0.436 e. The average Bonchev–Trinajstić information content (AvgIpc) is 3.15. The predicted molar refractivity (Wildman–Crippen MR) is 127 cm³/mol. The van der Waals surface area contributed by atoms with Crippen molar-refractivity contribution in [3.63, 3.8) is 0 Å². The zero-order valence-electron chi connectivity index (χ0n) is 19.8. The van der Waals surface area contributed by atoms with Crippen LogP contribution < -0.4 is 0 Å². The third-order valence-corrected chi connectivity index (χ3v) is 5.84. The Kier molecular flexibility index (Phi) is 5.43. The van der Waals surface area contributed by atoms with Crippen LogP contribution in [0.5, 0.6) is 0 Å². The molecule has 0 spiro atoms. The normalized spacial score (nSPS) is 13.0. The number of nitrogens with zero attached hydrogens (tertiary/aromatic N) is 1. The Hall–Kier alpha value is -3.08. The topological polar surface area (TPSA) is 26.0 Å². The van der Waals surface area contributed by atoms with Gasteiger partial charge in [-0.15, -0.1) is 0 Å². The van der Waals surface area contributed by atoms with E-state index in [1.54, 1.807) is 0 Å². The lowest BCUT2D eigenvalue weighted by Gasteiger charge is -2.24. The lowest BCUT2D eigenvalue weighted by atomic mass is 9.80. The van der Waals surface area contributed by atoms with E-state index in [-0.39, 0.29) is 10.8 Å². The van der Waals surface area contributed by atoms with E-state index in [9.17, 15) is 13.2 Å². The molecule has 4 rings (SSSR count). The van der Waals surface area contributed by atoms with E-state index in [1.165, 1.54) is 17.7 Å². The van der Waals surface area contributed by atoms with Crippen molar-refractivity contribution in [3.05, 3.63) is 77.4 Å². The minimum Gasteiger partial charge on any atom is -0.436 e. The number of oxazole rings is 1. The Bertz CT molecular complexity index is 1300. The van der Waals surface area contributed by atoms with E-state index in [0.29, 0.717) is 11.5 Å². The summed E-state index contributed by atoms with van der Waals surface area (Å²) in [5.41, 5.74) is 5.09. The highest BCUT2D eigenvalue weighted by atomic mass is 19.4. The van der Waals surface area contributed by atoms with Gasteiger partial charge in [0.1, 0.15) is 5.52 Å². The van der Waals surface area contributed by atoms with Crippen LogP contribution in [0.25, 0.3) is 33.7 Å². The van der Waals surface area contributed by atoms with Gasteiger partial charge in [0.05, 0.1) is 5.56 Å². The van der Waals surface area contributed by atoms with Crippen LogP contribution in [0.2, 0.25) is 0 Å². The summed E-state index contributed by atoms with van der Waals surface area (Å²) in [4.78, 5) is 4.83. The lowest BCUT2D eigenvalue weighted by Crippen LogP contribution is -2.16. The first-order valence-corrected chi connectivity index (χ1v) is 11.0. The lowest BCUT2D eigenvalue weighted by molar-refractivity contribution is -0.137. The molecular weight excluding hydrogens is 423 g/mol. The van der Waals surface area contributed by atoms with Crippen molar-refractivity contribution >= 4 is 11.1 Å². The minimum atomic E-state index is -4.37. The fraction of sp³-hybridized carbons (Fsp3) is 0.321. The molecular formula is C28H28F3NO. The van der Waals surface area contributed by atoms with Crippen LogP contribution in [0, 0.1) is 0 Å². The number of alkyl halides is 3. The summed E-state index contributed by atoms with van der Waals surface area (Å²) in [6.07, 6.45) is -4.37. The molecule has 2 nitrogen and oxygen atoms in total. The second kappa shape index (κ2) is 7.75. The molecule has 0 saturated heterocycles. The molecule has 0 aliphatic carbocycles. The van der Waals surface area contributed by atoms with Crippen LogP contribution >= 0.6 is 0 Å². The molecule has 5 heteroatoms. The van der Waals surface area contributed by atoms with Gasteiger partial charge in [-0.25, -0.2) is 4.98 Å². The van der Waals surface area contributed by atoms with E-state index < -0.39 is 11.7 Å². The predicted octanol–water partition coefficient (Wildman–Crippen LogP) is 8.78. The molecule has 0 aliphatic rings. The molecule has 0 fully saturated rings. The van der Waals surface area contributed by atoms with E-state index in [4.69, 9.17) is 9.40 Å². The molecule has 0 unspecified atom stereocenters. The van der Waals surface area contributed by atoms with Gasteiger partial charge >= 0.3 is 6.18 Å². The summed E-state index contributed by atoms with van der Waals surface area (Å²) < 4.78 is 45.4. The van der Waals surface area contributed by atoms with E-state index in [0.717, 1.165) is 39.9 Å². The fourth-order valence-corrected chi connectivity index (χ4v) is 3.90. The van der Waals surface area contributed by atoms with Crippen LogP contribution in [-0.2, 0) is 17.0 Å². The molecule has 0 atom stereocenters. The Labute approximate surface area is 192 Å². The van der Waals surface area contributed by atoms with E-state index in [2.05, 4.69) is 53.7 Å². The summed E-state index contributed by atoms with van der Waals surface area (Å²) in [6, 6.07) is 16.9. The SMILES string of the molecule is CC(C)(C)c1cc(C(C)(C)C)c2oc(-c3ccccc3-c3ccc(C(F)(F)F)cc3)nc2c1. The van der Waals surface area contributed by atoms with E-state index in [1.807, 2.05) is 24.3 Å². The fourth-order valence-electron chi connectivity index (χ4n) is 3.90. The molecule has 0 aliphatic heterocycles. The third-order valence-electron chi connectivity index (χ3n) is 5.84. The van der Waals surface area contributed by atoms with Crippen molar-refractivity contribution in [2.75, 3.05) is 0 Å². The van der Waals surface area contributed by atoms with Gasteiger partial charge in [-0.05, 0) is 51.8 Å². The van der Waals surface area contributed by atoms with Gasteiger partial charge in [-0.3, -0.25) is 0 Å². The number of benzene rings is 3. The zero-order chi connectivity index (χ0) is 24.2. The summed E-state index contributed by atoms with van der Waals surface area (Å²) in [6.45, 7) is 12.9. The number of halogens is 3. The number of hydrogen-bond acceptors (Lipinski definition) is 2. The van der Waals surface area contributed by atoms with Gasteiger partial charge in [-0.2, -0.15) is 13.2 Å². The summed E-state index contributed by atoms with van der Waals surface area (Å²) in [5.74, 6) is 0.456. The quantitative estimate of drug-likeness (QED) is 0.304. The van der Waals surface area contributed by atoms with Gasteiger partial charge in [0.2, 0.25) is 5.89 Å². The molecule has 0 N–H and O–H groups in total. The summed E-state index contributed by atoms with van der Waals surface area (Å²) in [7, 11) is 0.